The van der Waals surface area contributed by atoms with E-state index >= 15 is 0 Å². The van der Waals surface area contributed by atoms with Crippen molar-refractivity contribution in [1.29, 1.82) is 0 Å². The second-order valence-electron chi connectivity index (χ2n) is 5.28. The molecule has 1 amide bonds. The minimum atomic E-state index is -0.303. The van der Waals surface area contributed by atoms with Crippen molar-refractivity contribution in [3.63, 3.8) is 0 Å². The SMILES string of the molecule is Cc1ccnn1Cc1nnc(SCC(=O)NCc2ccc(F)cc2)o1. The number of nitrogens with zero attached hydrogens (tertiary/aromatic N) is 4. The lowest BCUT2D eigenvalue weighted by Gasteiger charge is -2.04. The van der Waals surface area contributed by atoms with E-state index in [2.05, 4.69) is 20.6 Å². The Bertz CT molecular complexity index is 846. The molecule has 130 valence electrons. The van der Waals surface area contributed by atoms with Crippen LogP contribution in [0.15, 0.2) is 46.2 Å². The van der Waals surface area contributed by atoms with Crippen LogP contribution >= 0.6 is 11.8 Å². The molecule has 0 atom stereocenters. The van der Waals surface area contributed by atoms with Crippen molar-refractivity contribution in [2.45, 2.75) is 25.2 Å². The molecule has 3 rings (SSSR count). The van der Waals surface area contributed by atoms with Crippen molar-refractivity contribution in [3.05, 3.63) is 59.5 Å². The van der Waals surface area contributed by atoms with Crippen LogP contribution in [0.3, 0.4) is 0 Å². The largest absolute Gasteiger partial charge is 0.414 e. The lowest BCUT2D eigenvalue weighted by Crippen LogP contribution is -2.24. The molecular formula is C16H16FN5O2S. The molecule has 0 unspecified atom stereocenters. The van der Waals surface area contributed by atoms with Crippen LogP contribution in [-0.2, 0) is 17.9 Å². The molecule has 0 saturated carbocycles. The first-order valence-corrected chi connectivity index (χ1v) is 8.53. The fourth-order valence-electron chi connectivity index (χ4n) is 2.03. The summed E-state index contributed by atoms with van der Waals surface area (Å²) in [7, 11) is 0. The Morgan fingerprint density at radius 2 is 2.08 bits per heavy atom. The third kappa shape index (κ3) is 4.90. The highest BCUT2D eigenvalue weighted by Gasteiger charge is 2.11. The number of hydrogen-bond donors (Lipinski definition) is 1. The zero-order chi connectivity index (χ0) is 17.6. The highest BCUT2D eigenvalue weighted by atomic mass is 32.2. The summed E-state index contributed by atoms with van der Waals surface area (Å²) >= 11 is 1.16. The first kappa shape index (κ1) is 17.2. The van der Waals surface area contributed by atoms with Crippen LogP contribution in [-0.4, -0.2) is 31.6 Å². The average Bonchev–Trinajstić information content (AvgIpc) is 3.22. The van der Waals surface area contributed by atoms with Crippen molar-refractivity contribution in [3.8, 4) is 0 Å². The van der Waals surface area contributed by atoms with Gasteiger partial charge in [-0.15, -0.1) is 10.2 Å². The zero-order valence-electron chi connectivity index (χ0n) is 13.5. The molecule has 2 aromatic heterocycles. The van der Waals surface area contributed by atoms with Gasteiger partial charge in [0.15, 0.2) is 0 Å². The second-order valence-corrected chi connectivity index (χ2v) is 6.21. The van der Waals surface area contributed by atoms with Crippen LogP contribution < -0.4 is 5.32 Å². The van der Waals surface area contributed by atoms with Gasteiger partial charge in [-0.1, -0.05) is 23.9 Å². The van der Waals surface area contributed by atoms with Gasteiger partial charge < -0.3 is 9.73 Å². The number of carbonyl (C=O) groups is 1. The van der Waals surface area contributed by atoms with Crippen molar-refractivity contribution >= 4 is 17.7 Å². The monoisotopic (exact) mass is 361 g/mol. The minimum Gasteiger partial charge on any atom is -0.414 e. The Morgan fingerprint density at radius 1 is 1.28 bits per heavy atom. The van der Waals surface area contributed by atoms with Crippen molar-refractivity contribution in [2.75, 3.05) is 5.75 Å². The molecule has 0 aliphatic heterocycles. The molecule has 0 radical (unpaired) electrons. The normalized spacial score (nSPS) is 10.8. The average molecular weight is 361 g/mol. The topological polar surface area (TPSA) is 85.8 Å². The van der Waals surface area contributed by atoms with Crippen LogP contribution in [0.1, 0.15) is 17.1 Å². The molecule has 0 bridgehead atoms. The Labute approximate surface area is 147 Å². The van der Waals surface area contributed by atoms with Gasteiger partial charge in [0.2, 0.25) is 11.8 Å². The number of nitrogens with one attached hydrogen (secondary N) is 1. The molecule has 0 spiro atoms. The van der Waals surface area contributed by atoms with Crippen LogP contribution in [0.2, 0.25) is 0 Å². The molecule has 0 saturated heterocycles. The maximum absolute atomic E-state index is 12.8. The van der Waals surface area contributed by atoms with E-state index in [0.29, 0.717) is 24.2 Å². The molecule has 0 fully saturated rings. The van der Waals surface area contributed by atoms with Gasteiger partial charge in [-0.2, -0.15) is 5.10 Å². The summed E-state index contributed by atoms with van der Waals surface area (Å²) in [6.07, 6.45) is 1.70. The number of aryl methyl sites for hydroxylation is 1. The molecular weight excluding hydrogens is 345 g/mol. The smallest absolute Gasteiger partial charge is 0.277 e. The molecule has 2 heterocycles. The quantitative estimate of drug-likeness (QED) is 0.649. The van der Waals surface area contributed by atoms with E-state index in [1.54, 1.807) is 23.0 Å². The lowest BCUT2D eigenvalue weighted by molar-refractivity contribution is -0.118. The van der Waals surface area contributed by atoms with E-state index in [0.717, 1.165) is 23.0 Å². The number of hydrogen-bond acceptors (Lipinski definition) is 6. The number of benzene rings is 1. The molecule has 0 aliphatic carbocycles. The standard InChI is InChI=1S/C16H16FN5O2S/c1-11-6-7-19-22(11)9-15-20-21-16(24-15)25-10-14(23)18-8-12-2-4-13(17)5-3-12/h2-7H,8-10H2,1H3,(H,18,23). The first-order chi connectivity index (χ1) is 12.1. The number of rotatable bonds is 7. The van der Waals surface area contributed by atoms with Crippen LogP contribution in [0, 0.1) is 12.7 Å². The van der Waals surface area contributed by atoms with Gasteiger partial charge in [0.05, 0.1) is 5.75 Å². The molecule has 25 heavy (non-hydrogen) atoms. The van der Waals surface area contributed by atoms with E-state index in [1.807, 2.05) is 13.0 Å². The van der Waals surface area contributed by atoms with Crippen molar-refractivity contribution < 1.29 is 13.6 Å². The maximum Gasteiger partial charge on any atom is 0.277 e. The first-order valence-electron chi connectivity index (χ1n) is 7.55. The maximum atomic E-state index is 12.8. The predicted octanol–water partition coefficient (Wildman–Crippen LogP) is 2.17. The minimum absolute atomic E-state index is 0.156. The van der Waals surface area contributed by atoms with E-state index in [4.69, 9.17) is 4.42 Å². The van der Waals surface area contributed by atoms with Gasteiger partial charge in [-0.3, -0.25) is 9.48 Å². The van der Waals surface area contributed by atoms with Gasteiger partial charge in [0, 0.05) is 18.4 Å². The Balaban J connectivity index is 1.44. The van der Waals surface area contributed by atoms with Gasteiger partial charge in [-0.25, -0.2) is 4.39 Å². The summed E-state index contributed by atoms with van der Waals surface area (Å²) in [6.45, 7) is 2.67. The molecule has 1 aromatic carbocycles. The van der Waals surface area contributed by atoms with Gasteiger partial charge >= 0.3 is 0 Å². The molecule has 0 aliphatic rings. The third-order valence-corrected chi connectivity index (χ3v) is 4.21. The number of halogens is 1. The van der Waals surface area contributed by atoms with E-state index in [-0.39, 0.29) is 17.5 Å². The van der Waals surface area contributed by atoms with E-state index < -0.39 is 0 Å². The fourth-order valence-corrected chi connectivity index (χ4v) is 2.64. The van der Waals surface area contributed by atoms with Gasteiger partial charge in [0.25, 0.3) is 5.22 Å². The number of carbonyl (C=O) groups excluding carboxylic acids is 1. The van der Waals surface area contributed by atoms with Crippen molar-refractivity contribution in [1.82, 2.24) is 25.3 Å². The van der Waals surface area contributed by atoms with Crippen molar-refractivity contribution in [2.24, 2.45) is 0 Å². The Hall–Kier alpha value is -2.68. The molecule has 1 N–H and O–H groups in total. The van der Waals surface area contributed by atoms with Crippen LogP contribution in [0.4, 0.5) is 4.39 Å². The summed E-state index contributed by atoms with van der Waals surface area (Å²) in [5.74, 6) is 0.116. The van der Waals surface area contributed by atoms with E-state index in [1.165, 1.54) is 12.1 Å². The second kappa shape index (κ2) is 7.93. The van der Waals surface area contributed by atoms with E-state index in [9.17, 15) is 9.18 Å². The Morgan fingerprint density at radius 3 is 2.80 bits per heavy atom. The third-order valence-electron chi connectivity index (χ3n) is 3.39. The van der Waals surface area contributed by atoms with Crippen LogP contribution in [0.5, 0.6) is 0 Å². The summed E-state index contributed by atoms with van der Waals surface area (Å²) in [5, 5.41) is 15.1. The summed E-state index contributed by atoms with van der Waals surface area (Å²) < 4.78 is 20.1. The summed E-state index contributed by atoms with van der Waals surface area (Å²) in [6, 6.07) is 7.86. The summed E-state index contributed by atoms with van der Waals surface area (Å²) in [4.78, 5) is 11.9. The number of aromatic nitrogens is 4. The lowest BCUT2D eigenvalue weighted by atomic mass is 10.2. The summed E-state index contributed by atoms with van der Waals surface area (Å²) in [5.41, 5.74) is 1.82. The van der Waals surface area contributed by atoms with Crippen LogP contribution in [0.25, 0.3) is 0 Å². The number of thioether (sulfide) groups is 1. The fraction of sp³-hybridized carbons (Fsp3) is 0.250. The molecule has 7 nitrogen and oxygen atoms in total. The number of amides is 1. The highest BCUT2D eigenvalue weighted by Crippen LogP contribution is 2.16. The highest BCUT2D eigenvalue weighted by molar-refractivity contribution is 7.99. The molecule has 9 heteroatoms. The van der Waals surface area contributed by atoms with Gasteiger partial charge in [0.1, 0.15) is 12.4 Å². The Kier molecular flexibility index (Phi) is 5.44. The zero-order valence-corrected chi connectivity index (χ0v) is 14.3. The molecule has 3 aromatic rings. The van der Waals surface area contributed by atoms with Gasteiger partial charge in [-0.05, 0) is 30.7 Å². The predicted molar refractivity (Wildman–Crippen MR) is 89.3 cm³/mol.